The number of rotatable bonds is 7. The number of hydrogen-bond acceptors (Lipinski definition) is 6. The van der Waals surface area contributed by atoms with Gasteiger partial charge < -0.3 is 20.7 Å². The van der Waals surface area contributed by atoms with Gasteiger partial charge in [-0.25, -0.2) is 4.98 Å². The first-order valence-electron chi connectivity index (χ1n) is 11.2. The minimum Gasteiger partial charge on any atom is -0.511 e. The van der Waals surface area contributed by atoms with Gasteiger partial charge in [-0.2, -0.15) is 0 Å². The monoisotopic (exact) mass is 468 g/mol. The van der Waals surface area contributed by atoms with Gasteiger partial charge in [-0.05, 0) is 68.9 Å². The standard InChI is InChI=1S/C25H32N4O3S/c1-14(2)22(21(30)12-16(4)26)25(32)29-10-6-7-20(29)24(31)28-19-9-8-18(11-15(19)3)23-17(5)27-13-33-23/h8-9,11-14,20,22,26,30H,6-7,10H2,1-5H3,(H,28,31)/b21-12-,26-16?. The Balaban J connectivity index is 1.77. The Kier molecular flexibility index (Phi) is 7.68. The number of carbonyl (C=O) groups excluding carboxylic acids is 2. The number of likely N-dealkylation sites (tertiary alicyclic amines) is 1. The first kappa shape index (κ1) is 24.6. The summed E-state index contributed by atoms with van der Waals surface area (Å²) in [4.78, 5) is 33.5. The lowest BCUT2D eigenvalue weighted by atomic mass is 9.91. The lowest BCUT2D eigenvalue weighted by Gasteiger charge is -2.30. The molecule has 3 rings (SSSR count). The third kappa shape index (κ3) is 5.50. The number of carbonyl (C=O) groups is 2. The van der Waals surface area contributed by atoms with E-state index in [-0.39, 0.29) is 29.2 Å². The van der Waals surface area contributed by atoms with Crippen molar-refractivity contribution in [2.75, 3.05) is 11.9 Å². The summed E-state index contributed by atoms with van der Waals surface area (Å²) in [5.74, 6) is -1.56. The number of anilines is 1. The zero-order valence-electron chi connectivity index (χ0n) is 19.8. The lowest BCUT2D eigenvalue weighted by Crippen LogP contribution is -2.47. The molecule has 2 atom stereocenters. The molecule has 0 bridgehead atoms. The summed E-state index contributed by atoms with van der Waals surface area (Å²) in [6.07, 6.45) is 2.61. The molecule has 8 heteroatoms. The molecule has 0 spiro atoms. The Morgan fingerprint density at radius 1 is 1.33 bits per heavy atom. The van der Waals surface area contributed by atoms with E-state index in [1.807, 2.05) is 51.4 Å². The van der Waals surface area contributed by atoms with Crippen LogP contribution in [0.3, 0.4) is 0 Å². The van der Waals surface area contributed by atoms with Gasteiger partial charge in [-0.1, -0.05) is 19.9 Å². The first-order valence-corrected chi connectivity index (χ1v) is 12.1. The molecular formula is C25H32N4O3S. The van der Waals surface area contributed by atoms with Crippen LogP contribution < -0.4 is 5.32 Å². The van der Waals surface area contributed by atoms with E-state index in [9.17, 15) is 14.7 Å². The Labute approximate surface area is 199 Å². The summed E-state index contributed by atoms with van der Waals surface area (Å²) in [5.41, 5.74) is 5.69. The van der Waals surface area contributed by atoms with Crippen LogP contribution in [0.4, 0.5) is 5.69 Å². The molecule has 176 valence electrons. The van der Waals surface area contributed by atoms with Crippen LogP contribution >= 0.6 is 11.3 Å². The van der Waals surface area contributed by atoms with Crippen LogP contribution in [0.2, 0.25) is 0 Å². The van der Waals surface area contributed by atoms with Crippen molar-refractivity contribution in [3.05, 3.63) is 46.8 Å². The van der Waals surface area contributed by atoms with Crippen LogP contribution in [-0.4, -0.2) is 45.1 Å². The van der Waals surface area contributed by atoms with Crippen LogP contribution in [0.1, 0.15) is 44.9 Å². The van der Waals surface area contributed by atoms with Gasteiger partial charge in [-0.3, -0.25) is 9.59 Å². The van der Waals surface area contributed by atoms with Crippen molar-refractivity contribution in [3.63, 3.8) is 0 Å². The van der Waals surface area contributed by atoms with E-state index in [2.05, 4.69) is 10.3 Å². The number of aryl methyl sites for hydroxylation is 2. The second kappa shape index (κ2) is 10.3. The van der Waals surface area contributed by atoms with Crippen molar-refractivity contribution in [1.82, 2.24) is 9.88 Å². The average molecular weight is 469 g/mol. The van der Waals surface area contributed by atoms with Gasteiger partial charge in [0.05, 0.1) is 22.0 Å². The SMILES string of the molecule is CC(=N)/C=C(\O)C(C(=O)N1CCCC1C(=O)Nc1ccc(-c2scnc2C)cc1C)C(C)C. The van der Waals surface area contributed by atoms with Gasteiger partial charge in [-0.15, -0.1) is 11.3 Å². The van der Waals surface area contributed by atoms with E-state index in [4.69, 9.17) is 5.41 Å². The summed E-state index contributed by atoms with van der Waals surface area (Å²) in [5, 5.41) is 21.1. The van der Waals surface area contributed by atoms with E-state index < -0.39 is 12.0 Å². The Hall–Kier alpha value is -3.00. The second-order valence-electron chi connectivity index (χ2n) is 8.95. The summed E-state index contributed by atoms with van der Waals surface area (Å²) in [7, 11) is 0. The topological polar surface area (TPSA) is 106 Å². The highest BCUT2D eigenvalue weighted by atomic mass is 32.1. The molecule has 2 unspecified atom stereocenters. The number of amides is 2. The van der Waals surface area contributed by atoms with Gasteiger partial charge in [0.15, 0.2) is 0 Å². The summed E-state index contributed by atoms with van der Waals surface area (Å²) in [6, 6.07) is 5.31. The van der Waals surface area contributed by atoms with Gasteiger partial charge in [0.1, 0.15) is 11.8 Å². The minimum absolute atomic E-state index is 0.127. The molecule has 3 N–H and O–H groups in total. The third-order valence-electron chi connectivity index (χ3n) is 5.95. The van der Waals surface area contributed by atoms with Crippen molar-refractivity contribution in [2.24, 2.45) is 11.8 Å². The van der Waals surface area contributed by atoms with Crippen LogP contribution in [0, 0.1) is 31.1 Å². The van der Waals surface area contributed by atoms with Gasteiger partial charge in [0.2, 0.25) is 11.8 Å². The summed E-state index contributed by atoms with van der Waals surface area (Å²) >= 11 is 1.58. The minimum atomic E-state index is -0.776. The molecule has 0 saturated carbocycles. The smallest absolute Gasteiger partial charge is 0.247 e. The van der Waals surface area contributed by atoms with Gasteiger partial charge in [0.25, 0.3) is 0 Å². The normalized spacial score (nSPS) is 17.3. The molecule has 2 heterocycles. The number of nitrogens with one attached hydrogen (secondary N) is 2. The molecule has 1 fully saturated rings. The first-order chi connectivity index (χ1) is 15.6. The second-order valence-corrected chi connectivity index (χ2v) is 9.80. The number of aromatic nitrogens is 1. The molecule has 2 aromatic rings. The molecule has 0 radical (unpaired) electrons. The molecule has 0 aliphatic carbocycles. The molecule has 1 saturated heterocycles. The maximum absolute atomic E-state index is 13.3. The summed E-state index contributed by atoms with van der Waals surface area (Å²) in [6.45, 7) is 9.65. The quantitative estimate of drug-likeness (QED) is 0.388. The van der Waals surface area contributed by atoms with Crippen molar-refractivity contribution >= 4 is 34.6 Å². The largest absolute Gasteiger partial charge is 0.511 e. The molecule has 1 aromatic carbocycles. The highest BCUT2D eigenvalue weighted by Gasteiger charge is 2.39. The van der Waals surface area contributed by atoms with E-state index in [1.54, 1.807) is 23.2 Å². The Morgan fingerprint density at radius 3 is 2.64 bits per heavy atom. The molecule has 7 nitrogen and oxygen atoms in total. The zero-order valence-corrected chi connectivity index (χ0v) is 20.6. The number of aliphatic hydroxyl groups excluding tert-OH is 1. The molecule has 1 aliphatic rings. The Morgan fingerprint density at radius 2 is 2.06 bits per heavy atom. The highest BCUT2D eigenvalue weighted by Crippen LogP contribution is 2.31. The third-order valence-corrected chi connectivity index (χ3v) is 6.92. The van der Waals surface area contributed by atoms with Crippen molar-refractivity contribution in [2.45, 2.75) is 53.5 Å². The summed E-state index contributed by atoms with van der Waals surface area (Å²) < 4.78 is 0. The van der Waals surface area contributed by atoms with Crippen LogP contribution in [-0.2, 0) is 9.59 Å². The predicted octanol–water partition coefficient (Wildman–Crippen LogP) is 5.11. The maximum Gasteiger partial charge on any atom is 0.247 e. The molecule has 2 amide bonds. The number of hydrogen-bond donors (Lipinski definition) is 3. The Bertz CT molecular complexity index is 1090. The van der Waals surface area contributed by atoms with Gasteiger partial charge >= 0.3 is 0 Å². The number of allylic oxidation sites excluding steroid dienone is 1. The molecule has 33 heavy (non-hydrogen) atoms. The highest BCUT2D eigenvalue weighted by molar-refractivity contribution is 7.13. The fourth-order valence-corrected chi connectivity index (χ4v) is 5.09. The zero-order chi connectivity index (χ0) is 24.3. The lowest BCUT2D eigenvalue weighted by molar-refractivity contribution is -0.141. The average Bonchev–Trinajstić information content (AvgIpc) is 3.37. The number of aliphatic hydroxyl groups is 1. The van der Waals surface area contributed by atoms with E-state index in [0.717, 1.165) is 28.1 Å². The van der Waals surface area contributed by atoms with E-state index >= 15 is 0 Å². The van der Waals surface area contributed by atoms with Crippen molar-refractivity contribution < 1.29 is 14.7 Å². The van der Waals surface area contributed by atoms with Gasteiger partial charge in [0, 0.05) is 17.9 Å². The van der Waals surface area contributed by atoms with Crippen molar-refractivity contribution in [1.29, 1.82) is 5.41 Å². The molecule has 1 aliphatic heterocycles. The van der Waals surface area contributed by atoms with E-state index in [1.165, 1.54) is 6.08 Å². The van der Waals surface area contributed by atoms with Crippen LogP contribution in [0.5, 0.6) is 0 Å². The van der Waals surface area contributed by atoms with E-state index in [0.29, 0.717) is 18.7 Å². The number of thiazole rings is 1. The maximum atomic E-state index is 13.3. The van der Waals surface area contributed by atoms with Crippen LogP contribution in [0.25, 0.3) is 10.4 Å². The number of nitrogens with zero attached hydrogens (tertiary/aromatic N) is 2. The fourth-order valence-electron chi connectivity index (χ4n) is 4.29. The van der Waals surface area contributed by atoms with Crippen LogP contribution in [0.15, 0.2) is 35.5 Å². The van der Waals surface area contributed by atoms with Crippen molar-refractivity contribution in [3.8, 4) is 10.4 Å². The number of benzene rings is 1. The molecular weight excluding hydrogens is 436 g/mol. The fraction of sp³-hybridized carbons (Fsp3) is 0.440. The molecule has 1 aromatic heterocycles. The predicted molar refractivity (Wildman–Crippen MR) is 133 cm³/mol.